The van der Waals surface area contributed by atoms with E-state index in [9.17, 15) is 13.2 Å². The molecule has 0 saturated heterocycles. The molecule has 1 aromatic heterocycles. The minimum Gasteiger partial charge on any atom is -0.467 e. The fourth-order valence-corrected chi connectivity index (χ4v) is 8.65. The van der Waals surface area contributed by atoms with Crippen LogP contribution in [0.3, 0.4) is 0 Å². The second-order valence-electron chi connectivity index (χ2n) is 12.3. The first kappa shape index (κ1) is 29.9. The average molecular weight is 559 g/mol. The van der Waals surface area contributed by atoms with Gasteiger partial charge in [0.15, 0.2) is 6.10 Å². The molecule has 3 aromatic rings. The topological polar surface area (TPSA) is 97.5 Å². The molecule has 9 heteroatoms. The van der Waals surface area contributed by atoms with E-state index in [1.807, 2.05) is 71.9 Å². The van der Waals surface area contributed by atoms with Crippen molar-refractivity contribution in [1.29, 1.82) is 0 Å². The zero-order valence-electron chi connectivity index (χ0n) is 24.3. The predicted molar refractivity (Wildman–Crippen MR) is 159 cm³/mol. The number of sulfonamides is 1. The number of rotatable bonds is 9. The summed E-state index contributed by atoms with van der Waals surface area (Å²) in [4.78, 5) is 16.6. The van der Waals surface area contributed by atoms with Crippen molar-refractivity contribution < 1.29 is 22.7 Å². The molecule has 0 spiro atoms. The highest BCUT2D eigenvalue weighted by atomic mass is 32.2. The molecule has 38 heavy (non-hydrogen) atoms. The van der Waals surface area contributed by atoms with E-state index < -0.39 is 35.8 Å². The number of aryl methyl sites for hydroxylation is 2. The SMILES string of the molecule is COC(=O)[C@@H](OC(C)(C)C)c1c(C)c(NS(=O)(=O)CC[Si](C)(C)C)c2[nH]c(C)cc2c1-c1ccc(C)cc1. The van der Waals surface area contributed by atoms with Crippen LogP contribution in [0.2, 0.25) is 25.7 Å². The molecule has 0 aliphatic heterocycles. The summed E-state index contributed by atoms with van der Waals surface area (Å²) in [6.45, 7) is 17.9. The van der Waals surface area contributed by atoms with Crippen molar-refractivity contribution in [3.05, 3.63) is 52.7 Å². The van der Waals surface area contributed by atoms with E-state index in [0.717, 1.165) is 27.8 Å². The van der Waals surface area contributed by atoms with Crippen molar-refractivity contribution in [3.8, 4) is 11.1 Å². The fourth-order valence-electron chi connectivity index (χ4n) is 4.46. The van der Waals surface area contributed by atoms with Gasteiger partial charge >= 0.3 is 5.97 Å². The number of carbonyl (C=O) groups is 1. The average Bonchev–Trinajstić information content (AvgIpc) is 3.18. The standard InChI is InChI=1S/C29H42N2O5SSi/c1-18-11-13-21(14-12-18)24-22-17-19(2)30-26(22)25(31-37(33,34)15-16-38(8,9)10)20(3)23(24)27(28(32)35-7)36-29(4,5)6/h11-14,17,27,30-31H,15-16H2,1-10H3/t27-/m0/s1. The lowest BCUT2D eigenvalue weighted by atomic mass is 9.87. The van der Waals surface area contributed by atoms with E-state index in [4.69, 9.17) is 9.47 Å². The Bertz CT molecular complexity index is 1430. The number of aromatic amines is 1. The number of esters is 1. The van der Waals surface area contributed by atoms with Crippen molar-refractivity contribution >= 4 is 40.7 Å². The van der Waals surface area contributed by atoms with Crippen LogP contribution < -0.4 is 4.72 Å². The van der Waals surface area contributed by atoms with E-state index in [1.165, 1.54) is 7.11 Å². The van der Waals surface area contributed by atoms with Crippen LogP contribution in [0.5, 0.6) is 0 Å². The largest absolute Gasteiger partial charge is 0.467 e. The lowest BCUT2D eigenvalue weighted by Gasteiger charge is -2.30. The van der Waals surface area contributed by atoms with Crippen LogP contribution in [0.15, 0.2) is 30.3 Å². The number of fused-ring (bicyclic) bond motifs is 1. The Labute approximate surface area is 228 Å². The molecular weight excluding hydrogens is 516 g/mol. The van der Waals surface area contributed by atoms with Crippen LogP contribution in [-0.4, -0.2) is 45.9 Å². The van der Waals surface area contributed by atoms with Gasteiger partial charge in [0, 0.05) is 24.7 Å². The maximum absolute atomic E-state index is 13.3. The van der Waals surface area contributed by atoms with E-state index >= 15 is 0 Å². The number of aromatic nitrogens is 1. The number of carbonyl (C=O) groups excluding carboxylic acids is 1. The van der Waals surface area contributed by atoms with E-state index in [0.29, 0.717) is 28.4 Å². The molecule has 0 amide bonds. The Balaban J connectivity index is 2.40. The van der Waals surface area contributed by atoms with E-state index in [1.54, 1.807) is 0 Å². The number of hydrogen-bond acceptors (Lipinski definition) is 5. The van der Waals surface area contributed by atoms with E-state index in [-0.39, 0.29) is 5.75 Å². The quantitative estimate of drug-likeness (QED) is 0.221. The smallest absolute Gasteiger partial charge is 0.339 e. The fraction of sp³-hybridized carbons (Fsp3) is 0.483. The van der Waals surface area contributed by atoms with Gasteiger partial charge in [-0.05, 0) is 70.3 Å². The molecule has 0 fully saturated rings. The van der Waals surface area contributed by atoms with Crippen LogP contribution in [0.1, 0.15) is 49.3 Å². The minimum atomic E-state index is -3.65. The molecule has 0 aliphatic rings. The van der Waals surface area contributed by atoms with Gasteiger partial charge in [0.25, 0.3) is 0 Å². The van der Waals surface area contributed by atoms with Gasteiger partial charge in [-0.1, -0.05) is 49.5 Å². The zero-order valence-corrected chi connectivity index (χ0v) is 26.1. The normalized spacial score (nSPS) is 13.5. The molecule has 2 aromatic carbocycles. The summed E-state index contributed by atoms with van der Waals surface area (Å²) in [5.74, 6) is -0.507. The van der Waals surface area contributed by atoms with Gasteiger partial charge in [-0.3, -0.25) is 4.72 Å². The third-order valence-corrected chi connectivity index (χ3v) is 9.76. The minimum absolute atomic E-state index is 0.0390. The molecular formula is C29H42N2O5SSi. The molecule has 3 rings (SSSR count). The first-order chi connectivity index (χ1) is 17.4. The predicted octanol–water partition coefficient (Wildman–Crippen LogP) is 6.87. The summed E-state index contributed by atoms with van der Waals surface area (Å²) in [6, 6.07) is 10.7. The van der Waals surface area contributed by atoms with Gasteiger partial charge in [0.05, 0.1) is 29.7 Å². The van der Waals surface area contributed by atoms with Crippen molar-refractivity contribution in [2.24, 2.45) is 0 Å². The van der Waals surface area contributed by atoms with Crippen LogP contribution in [0.25, 0.3) is 22.0 Å². The molecule has 208 valence electrons. The Hall–Kier alpha value is -2.62. The molecule has 0 radical (unpaired) electrons. The Kier molecular flexibility index (Phi) is 8.55. The lowest BCUT2D eigenvalue weighted by Crippen LogP contribution is -2.30. The van der Waals surface area contributed by atoms with Crippen molar-refractivity contribution in [1.82, 2.24) is 4.98 Å². The molecule has 0 saturated carbocycles. The van der Waals surface area contributed by atoms with Gasteiger partial charge in [-0.15, -0.1) is 0 Å². The molecule has 2 N–H and O–H groups in total. The van der Waals surface area contributed by atoms with Crippen LogP contribution >= 0.6 is 0 Å². The summed E-state index contributed by atoms with van der Waals surface area (Å²) in [5, 5.41) is 0.807. The molecule has 1 heterocycles. The number of nitrogens with one attached hydrogen (secondary N) is 2. The van der Waals surface area contributed by atoms with Gasteiger partial charge in [0.1, 0.15) is 0 Å². The number of ether oxygens (including phenoxy) is 2. The van der Waals surface area contributed by atoms with Gasteiger partial charge in [-0.2, -0.15) is 0 Å². The Morgan fingerprint density at radius 3 is 2.21 bits per heavy atom. The summed E-state index contributed by atoms with van der Waals surface area (Å²) >= 11 is 0. The molecule has 0 unspecified atom stereocenters. The number of methoxy groups -OCH3 is 1. The highest BCUT2D eigenvalue weighted by molar-refractivity contribution is 7.92. The number of anilines is 1. The van der Waals surface area contributed by atoms with Crippen LogP contribution in [-0.2, 0) is 24.3 Å². The van der Waals surface area contributed by atoms with Crippen LogP contribution in [0, 0.1) is 20.8 Å². The third kappa shape index (κ3) is 7.06. The Morgan fingerprint density at radius 1 is 1.08 bits per heavy atom. The number of benzene rings is 2. The Morgan fingerprint density at radius 2 is 1.68 bits per heavy atom. The van der Waals surface area contributed by atoms with Gasteiger partial charge in [0.2, 0.25) is 10.0 Å². The number of hydrogen-bond donors (Lipinski definition) is 2. The third-order valence-electron chi connectivity index (χ3n) is 6.39. The summed E-state index contributed by atoms with van der Waals surface area (Å²) in [7, 11) is -3.91. The zero-order chi connectivity index (χ0) is 28.6. The van der Waals surface area contributed by atoms with E-state index in [2.05, 4.69) is 29.3 Å². The van der Waals surface area contributed by atoms with Gasteiger partial charge < -0.3 is 14.5 Å². The second-order valence-corrected chi connectivity index (χ2v) is 19.7. The van der Waals surface area contributed by atoms with Crippen LogP contribution in [0.4, 0.5) is 5.69 Å². The molecule has 0 bridgehead atoms. The van der Waals surface area contributed by atoms with Gasteiger partial charge in [-0.25, -0.2) is 13.2 Å². The molecule has 0 aliphatic carbocycles. The molecule has 7 nitrogen and oxygen atoms in total. The highest BCUT2D eigenvalue weighted by Gasteiger charge is 2.35. The van der Waals surface area contributed by atoms with Crippen molar-refractivity contribution in [2.45, 2.75) is 78.9 Å². The number of H-pyrrole nitrogens is 1. The second kappa shape index (κ2) is 10.9. The maximum Gasteiger partial charge on any atom is 0.339 e. The first-order valence-corrected chi connectivity index (χ1v) is 18.3. The maximum atomic E-state index is 13.3. The monoisotopic (exact) mass is 558 g/mol. The lowest BCUT2D eigenvalue weighted by molar-refractivity contribution is -0.164. The summed E-state index contributed by atoms with van der Waals surface area (Å²) in [5.41, 5.74) is 5.33. The van der Waals surface area contributed by atoms with Crippen molar-refractivity contribution in [2.75, 3.05) is 17.6 Å². The molecule has 1 atom stereocenters. The highest BCUT2D eigenvalue weighted by Crippen LogP contribution is 2.45. The first-order valence-electron chi connectivity index (χ1n) is 12.9. The summed E-state index contributed by atoms with van der Waals surface area (Å²) < 4.78 is 41.0. The summed E-state index contributed by atoms with van der Waals surface area (Å²) in [6.07, 6.45) is -1.07. The van der Waals surface area contributed by atoms with Crippen molar-refractivity contribution in [3.63, 3.8) is 0 Å².